The Morgan fingerprint density at radius 3 is 2.21 bits per heavy atom. The summed E-state index contributed by atoms with van der Waals surface area (Å²) >= 11 is 0. The van der Waals surface area contributed by atoms with Gasteiger partial charge < -0.3 is 20.9 Å². The number of benzene rings is 3. The number of alkyl halides is 3. The third-order valence-corrected chi connectivity index (χ3v) is 10.8. The van der Waals surface area contributed by atoms with E-state index in [1.54, 1.807) is 6.07 Å². The number of amides is 1. The Hall–Kier alpha value is -5.98. The fraction of sp³-hybridized carbons (Fsp3) is 0.342. The SMILES string of the molecule is O=C(c1ccccc1C(F)(F)F)N1CCCN(CC2=Nc3n[nH]c(=O)c4cc(C5CCN(CC6=Nc7n[nH]c(=O)c8cccc(c78)N6)CCN5)cc(c34)N2)CC1. The summed E-state index contributed by atoms with van der Waals surface area (Å²) in [6.07, 6.45) is -3.30. The lowest BCUT2D eigenvalue weighted by atomic mass is 9.98. The summed E-state index contributed by atoms with van der Waals surface area (Å²) in [5, 5.41) is 26.4. The number of aromatic nitrogens is 4. The first-order chi connectivity index (χ1) is 27.1. The van der Waals surface area contributed by atoms with Crippen molar-refractivity contribution in [2.75, 3.05) is 69.5 Å². The van der Waals surface area contributed by atoms with Crippen LogP contribution in [0.15, 0.2) is 74.2 Å². The first-order valence-electron chi connectivity index (χ1n) is 18.5. The van der Waals surface area contributed by atoms with Crippen LogP contribution >= 0.6 is 0 Å². The molecule has 0 aliphatic carbocycles. The highest BCUT2D eigenvalue weighted by atomic mass is 19.4. The molecule has 18 heteroatoms. The fourth-order valence-corrected chi connectivity index (χ4v) is 8.05. The lowest BCUT2D eigenvalue weighted by molar-refractivity contribution is -0.138. The largest absolute Gasteiger partial charge is 0.417 e. The van der Waals surface area contributed by atoms with Crippen LogP contribution in [0.1, 0.15) is 40.4 Å². The monoisotopic (exact) mass is 766 g/mol. The molecule has 2 aromatic heterocycles. The van der Waals surface area contributed by atoms with Crippen molar-refractivity contribution in [2.45, 2.75) is 25.1 Å². The van der Waals surface area contributed by atoms with Crippen LogP contribution in [-0.4, -0.2) is 112 Å². The zero-order chi connectivity index (χ0) is 38.6. The molecule has 56 heavy (non-hydrogen) atoms. The average Bonchev–Trinajstić information content (AvgIpc) is 3.57. The van der Waals surface area contributed by atoms with Crippen LogP contribution in [0.3, 0.4) is 0 Å². The number of aliphatic imine (C=N–C) groups is 2. The summed E-state index contributed by atoms with van der Waals surface area (Å²) in [6.45, 7) is 4.75. The Morgan fingerprint density at radius 2 is 1.45 bits per heavy atom. The van der Waals surface area contributed by atoms with Gasteiger partial charge in [0.05, 0.1) is 57.1 Å². The first-order valence-corrected chi connectivity index (χ1v) is 18.5. The van der Waals surface area contributed by atoms with Gasteiger partial charge in [0.25, 0.3) is 17.0 Å². The van der Waals surface area contributed by atoms with Crippen LogP contribution < -0.4 is 27.1 Å². The van der Waals surface area contributed by atoms with Gasteiger partial charge in [0.15, 0.2) is 11.6 Å². The van der Waals surface area contributed by atoms with Crippen molar-refractivity contribution in [3.8, 4) is 0 Å². The van der Waals surface area contributed by atoms with E-state index in [0.29, 0.717) is 90.4 Å². The minimum absolute atomic E-state index is 0.0557. The molecule has 5 aromatic rings. The minimum atomic E-state index is -4.63. The summed E-state index contributed by atoms with van der Waals surface area (Å²) in [4.78, 5) is 54.0. The number of nitrogens with one attached hydrogen (secondary N) is 5. The highest BCUT2D eigenvalue weighted by Crippen LogP contribution is 2.37. The Labute approximate surface area is 316 Å². The van der Waals surface area contributed by atoms with E-state index in [1.165, 1.54) is 23.1 Å². The number of hydrogen-bond donors (Lipinski definition) is 5. The molecule has 1 atom stereocenters. The number of halogens is 3. The molecule has 0 radical (unpaired) electrons. The summed E-state index contributed by atoms with van der Waals surface area (Å²) in [6, 6.07) is 14.3. The van der Waals surface area contributed by atoms with E-state index in [4.69, 9.17) is 9.98 Å². The highest BCUT2D eigenvalue weighted by molar-refractivity contribution is 6.14. The second-order valence-corrected chi connectivity index (χ2v) is 14.4. The van der Waals surface area contributed by atoms with Crippen LogP contribution in [0, 0.1) is 0 Å². The summed E-state index contributed by atoms with van der Waals surface area (Å²) in [7, 11) is 0. The number of hydrogen-bond acceptors (Lipinski definition) is 12. The summed E-state index contributed by atoms with van der Waals surface area (Å²) in [5.74, 6) is 1.57. The molecule has 6 heterocycles. The van der Waals surface area contributed by atoms with Crippen molar-refractivity contribution in [3.63, 3.8) is 0 Å². The van der Waals surface area contributed by atoms with Crippen molar-refractivity contribution in [1.82, 2.24) is 40.4 Å². The molecule has 4 aliphatic rings. The molecule has 3 aromatic carbocycles. The van der Waals surface area contributed by atoms with Gasteiger partial charge in [-0.25, -0.2) is 20.2 Å². The summed E-state index contributed by atoms with van der Waals surface area (Å²) < 4.78 is 41.0. The van der Waals surface area contributed by atoms with Gasteiger partial charge in [0.2, 0.25) is 0 Å². The quantitative estimate of drug-likeness (QED) is 0.170. The van der Waals surface area contributed by atoms with E-state index in [9.17, 15) is 27.6 Å². The van der Waals surface area contributed by atoms with E-state index in [2.05, 4.69) is 46.1 Å². The van der Waals surface area contributed by atoms with Gasteiger partial charge in [-0.05, 0) is 54.8 Å². The second-order valence-electron chi connectivity index (χ2n) is 14.4. The zero-order valence-electron chi connectivity index (χ0n) is 30.0. The normalized spacial score (nSPS) is 19.1. The number of aromatic amines is 2. The predicted molar refractivity (Wildman–Crippen MR) is 206 cm³/mol. The van der Waals surface area contributed by atoms with E-state index < -0.39 is 17.6 Å². The molecular formula is C38H37F3N12O3. The first kappa shape index (κ1) is 35.7. The Morgan fingerprint density at radius 1 is 0.750 bits per heavy atom. The van der Waals surface area contributed by atoms with Gasteiger partial charge in [-0.15, -0.1) is 0 Å². The van der Waals surface area contributed by atoms with E-state index in [0.717, 1.165) is 42.7 Å². The lowest BCUT2D eigenvalue weighted by Gasteiger charge is -2.26. The smallest absolute Gasteiger partial charge is 0.342 e. The number of anilines is 2. The maximum Gasteiger partial charge on any atom is 0.417 e. The molecule has 0 saturated carbocycles. The number of carbonyl (C=O) groups is 1. The molecule has 2 saturated heterocycles. The molecule has 1 unspecified atom stereocenters. The van der Waals surface area contributed by atoms with Crippen molar-refractivity contribution in [1.29, 1.82) is 0 Å². The van der Waals surface area contributed by atoms with Crippen LogP contribution in [-0.2, 0) is 6.18 Å². The highest BCUT2D eigenvalue weighted by Gasteiger charge is 2.36. The molecule has 5 N–H and O–H groups in total. The van der Waals surface area contributed by atoms with Crippen molar-refractivity contribution >= 4 is 62.1 Å². The summed E-state index contributed by atoms with van der Waals surface area (Å²) in [5.41, 5.74) is 0.592. The maximum absolute atomic E-state index is 13.7. The van der Waals surface area contributed by atoms with Gasteiger partial charge in [0, 0.05) is 51.9 Å². The van der Waals surface area contributed by atoms with Gasteiger partial charge in [-0.2, -0.15) is 23.4 Å². The Kier molecular flexibility index (Phi) is 9.09. The van der Waals surface area contributed by atoms with Gasteiger partial charge in [0.1, 0.15) is 11.7 Å². The van der Waals surface area contributed by atoms with Crippen molar-refractivity contribution in [2.24, 2.45) is 9.98 Å². The molecule has 9 rings (SSSR count). The molecular weight excluding hydrogens is 729 g/mol. The van der Waals surface area contributed by atoms with Crippen LogP contribution in [0.25, 0.3) is 21.5 Å². The molecule has 1 amide bonds. The maximum atomic E-state index is 13.7. The second kappa shape index (κ2) is 14.3. The number of carbonyl (C=O) groups excluding carboxylic acids is 1. The number of H-pyrrole nitrogens is 2. The standard InChI is InChI=1S/C38H37F3N12O3/c39-38(40,41)25-7-2-1-5-22(25)37(56)53-12-4-11-51(15-16-53)19-30-44-28-18-21(17-24-32(28)34(46-30)48-50-36(24)55)26-9-13-52(14-10-42-26)20-29-43-27-8-3-6-23-31(27)33(45-29)47-49-35(23)54/h1-3,5-8,17-18,26,42H,4,9-16,19-20H2,(H,49,54)(H,50,55)(H,43,45,47)(H,44,46,48). The third kappa shape index (κ3) is 6.79. The number of nitrogens with zero attached hydrogens (tertiary/aromatic N) is 7. The molecule has 4 aliphatic heterocycles. The van der Waals surface area contributed by atoms with Gasteiger partial charge in [-0.1, -0.05) is 18.2 Å². The Bertz CT molecular complexity index is 2570. The molecule has 0 spiro atoms. The predicted octanol–water partition coefficient (Wildman–Crippen LogP) is 3.97. The molecule has 0 bridgehead atoms. The molecule has 15 nitrogen and oxygen atoms in total. The van der Waals surface area contributed by atoms with Crippen LogP contribution in [0.2, 0.25) is 0 Å². The van der Waals surface area contributed by atoms with E-state index in [1.807, 2.05) is 24.3 Å². The van der Waals surface area contributed by atoms with Crippen LogP contribution in [0.5, 0.6) is 0 Å². The van der Waals surface area contributed by atoms with Crippen LogP contribution in [0.4, 0.5) is 36.2 Å². The fourth-order valence-electron chi connectivity index (χ4n) is 8.05. The lowest BCUT2D eigenvalue weighted by Crippen LogP contribution is -2.39. The topological polar surface area (TPSA) is 179 Å². The minimum Gasteiger partial charge on any atom is -0.342 e. The van der Waals surface area contributed by atoms with Crippen molar-refractivity contribution in [3.05, 3.63) is 92.0 Å². The third-order valence-electron chi connectivity index (χ3n) is 10.8. The van der Waals surface area contributed by atoms with E-state index in [-0.39, 0.29) is 29.3 Å². The van der Waals surface area contributed by atoms with Gasteiger partial charge in [-0.3, -0.25) is 24.2 Å². The molecule has 2 fully saturated rings. The molecule has 288 valence electrons. The number of rotatable bonds is 6. The van der Waals surface area contributed by atoms with Crippen molar-refractivity contribution < 1.29 is 18.0 Å². The zero-order valence-corrected chi connectivity index (χ0v) is 30.0. The van der Waals surface area contributed by atoms with Gasteiger partial charge >= 0.3 is 6.18 Å². The Balaban J connectivity index is 0.881. The number of amidine groups is 2. The average molecular weight is 767 g/mol. The van der Waals surface area contributed by atoms with E-state index >= 15 is 0 Å².